The lowest BCUT2D eigenvalue weighted by Gasteiger charge is -2.12. The highest BCUT2D eigenvalue weighted by Crippen LogP contribution is 2.12. The summed E-state index contributed by atoms with van der Waals surface area (Å²) in [7, 11) is 0. The SMILES string of the molecule is CCCCNC(=S)S[C@@H](C)OCC. The van der Waals surface area contributed by atoms with Crippen LogP contribution in [0.4, 0.5) is 0 Å². The third kappa shape index (κ3) is 8.53. The van der Waals surface area contributed by atoms with E-state index in [1.54, 1.807) is 11.8 Å². The molecule has 0 saturated carbocycles. The molecule has 0 heterocycles. The number of ether oxygens (including phenoxy) is 1. The van der Waals surface area contributed by atoms with E-state index < -0.39 is 0 Å². The molecule has 0 aromatic heterocycles. The van der Waals surface area contributed by atoms with E-state index in [9.17, 15) is 0 Å². The molecule has 0 aromatic rings. The van der Waals surface area contributed by atoms with Crippen LogP contribution >= 0.6 is 24.0 Å². The maximum Gasteiger partial charge on any atom is 0.136 e. The third-order valence-electron chi connectivity index (χ3n) is 1.47. The van der Waals surface area contributed by atoms with Gasteiger partial charge in [0.25, 0.3) is 0 Å². The molecule has 0 spiro atoms. The summed E-state index contributed by atoms with van der Waals surface area (Å²) in [6, 6.07) is 0. The molecule has 0 amide bonds. The maximum absolute atomic E-state index is 5.35. The first kappa shape index (κ1) is 13.2. The van der Waals surface area contributed by atoms with Gasteiger partial charge in [-0.3, -0.25) is 0 Å². The summed E-state index contributed by atoms with van der Waals surface area (Å²) in [5.41, 5.74) is 0.159. The Morgan fingerprint density at radius 3 is 2.77 bits per heavy atom. The average Bonchev–Trinajstić information content (AvgIpc) is 2.05. The molecule has 0 bridgehead atoms. The zero-order valence-corrected chi connectivity index (χ0v) is 10.3. The molecule has 1 N–H and O–H groups in total. The van der Waals surface area contributed by atoms with Crippen molar-refractivity contribution in [2.24, 2.45) is 0 Å². The molecule has 0 fully saturated rings. The third-order valence-corrected chi connectivity index (χ3v) is 2.73. The minimum atomic E-state index is 0.159. The first-order chi connectivity index (χ1) is 6.20. The number of hydrogen-bond donors (Lipinski definition) is 1. The van der Waals surface area contributed by atoms with Gasteiger partial charge in [0.1, 0.15) is 9.76 Å². The van der Waals surface area contributed by atoms with E-state index in [-0.39, 0.29) is 5.44 Å². The average molecular weight is 221 g/mol. The molecular weight excluding hydrogens is 202 g/mol. The summed E-state index contributed by atoms with van der Waals surface area (Å²) in [6.07, 6.45) is 2.37. The molecular formula is C9H19NOS2. The van der Waals surface area contributed by atoms with Crippen molar-refractivity contribution < 1.29 is 4.74 Å². The molecule has 0 unspecified atom stereocenters. The van der Waals surface area contributed by atoms with Crippen molar-refractivity contribution in [3.63, 3.8) is 0 Å². The van der Waals surface area contributed by atoms with Crippen LogP contribution < -0.4 is 5.32 Å². The molecule has 4 heteroatoms. The molecule has 0 radical (unpaired) electrons. The predicted octanol–water partition coefficient (Wildman–Crippen LogP) is 2.78. The molecule has 0 aliphatic rings. The normalized spacial score (nSPS) is 12.5. The Morgan fingerprint density at radius 1 is 1.54 bits per heavy atom. The number of rotatable bonds is 6. The molecule has 13 heavy (non-hydrogen) atoms. The highest BCUT2D eigenvalue weighted by atomic mass is 32.2. The topological polar surface area (TPSA) is 21.3 Å². The molecule has 0 aliphatic carbocycles. The number of unbranched alkanes of at least 4 members (excludes halogenated alkanes) is 1. The van der Waals surface area contributed by atoms with Crippen molar-refractivity contribution >= 4 is 28.3 Å². The van der Waals surface area contributed by atoms with Gasteiger partial charge in [0.05, 0.1) is 0 Å². The van der Waals surface area contributed by atoms with Crippen LogP contribution in [0.15, 0.2) is 0 Å². The number of thioether (sulfide) groups is 1. The highest BCUT2D eigenvalue weighted by molar-refractivity contribution is 8.23. The van der Waals surface area contributed by atoms with Gasteiger partial charge in [-0.15, -0.1) is 0 Å². The smallest absolute Gasteiger partial charge is 0.136 e. The first-order valence-electron chi connectivity index (χ1n) is 4.76. The van der Waals surface area contributed by atoms with Crippen LogP contribution in [0, 0.1) is 0 Å². The van der Waals surface area contributed by atoms with E-state index in [0.29, 0.717) is 0 Å². The lowest BCUT2D eigenvalue weighted by atomic mass is 10.3. The van der Waals surface area contributed by atoms with Crippen molar-refractivity contribution in [2.75, 3.05) is 13.2 Å². The lowest BCUT2D eigenvalue weighted by molar-refractivity contribution is 0.138. The van der Waals surface area contributed by atoms with E-state index in [4.69, 9.17) is 17.0 Å². The Balaban J connectivity index is 3.38. The Labute approximate surface area is 90.8 Å². The van der Waals surface area contributed by atoms with Crippen LogP contribution in [-0.4, -0.2) is 22.9 Å². The standard InChI is InChI=1S/C9H19NOS2/c1-4-6-7-10-9(12)13-8(3)11-5-2/h8H,4-7H2,1-3H3,(H,10,12)/t8-/m0/s1. The fourth-order valence-corrected chi connectivity index (χ4v) is 2.03. The second-order valence-electron chi connectivity index (χ2n) is 2.71. The van der Waals surface area contributed by atoms with Gasteiger partial charge in [-0.05, 0) is 20.3 Å². The van der Waals surface area contributed by atoms with Gasteiger partial charge in [0.2, 0.25) is 0 Å². The van der Waals surface area contributed by atoms with E-state index in [2.05, 4.69) is 12.2 Å². The number of hydrogen-bond acceptors (Lipinski definition) is 3. The summed E-state index contributed by atoms with van der Waals surface area (Å²) < 4.78 is 6.20. The quantitative estimate of drug-likeness (QED) is 0.423. The largest absolute Gasteiger partial charge is 0.371 e. The van der Waals surface area contributed by atoms with E-state index in [1.165, 1.54) is 12.8 Å². The number of nitrogens with one attached hydrogen (secondary N) is 1. The summed E-state index contributed by atoms with van der Waals surface area (Å²) in [4.78, 5) is 0. The Kier molecular flexibility index (Phi) is 8.92. The van der Waals surface area contributed by atoms with Gasteiger partial charge in [0, 0.05) is 13.2 Å². The van der Waals surface area contributed by atoms with Gasteiger partial charge >= 0.3 is 0 Å². The van der Waals surface area contributed by atoms with E-state index >= 15 is 0 Å². The van der Waals surface area contributed by atoms with Gasteiger partial charge in [0.15, 0.2) is 0 Å². The van der Waals surface area contributed by atoms with Crippen molar-refractivity contribution in [3.8, 4) is 0 Å². The lowest BCUT2D eigenvalue weighted by Crippen LogP contribution is -2.22. The molecule has 0 aliphatic heterocycles. The molecule has 2 nitrogen and oxygen atoms in total. The van der Waals surface area contributed by atoms with Gasteiger partial charge < -0.3 is 10.1 Å². The fourth-order valence-electron chi connectivity index (χ4n) is 0.828. The zero-order chi connectivity index (χ0) is 10.1. The predicted molar refractivity (Wildman–Crippen MR) is 64.2 cm³/mol. The van der Waals surface area contributed by atoms with E-state index in [1.807, 2.05) is 13.8 Å². The van der Waals surface area contributed by atoms with E-state index in [0.717, 1.165) is 17.5 Å². The summed E-state index contributed by atoms with van der Waals surface area (Å²) in [5.74, 6) is 0. The van der Waals surface area contributed by atoms with Crippen LogP contribution in [0.5, 0.6) is 0 Å². The second kappa shape index (κ2) is 8.78. The molecule has 78 valence electrons. The summed E-state index contributed by atoms with van der Waals surface area (Å²) >= 11 is 6.70. The van der Waals surface area contributed by atoms with Crippen molar-refractivity contribution in [3.05, 3.63) is 0 Å². The Hall–Kier alpha value is 0.200. The summed E-state index contributed by atoms with van der Waals surface area (Å²) in [5, 5.41) is 3.19. The number of thiocarbonyl (C=S) groups is 1. The minimum Gasteiger partial charge on any atom is -0.371 e. The van der Waals surface area contributed by atoms with Crippen LogP contribution in [0.3, 0.4) is 0 Å². The van der Waals surface area contributed by atoms with Gasteiger partial charge in [-0.25, -0.2) is 0 Å². The molecule has 0 saturated heterocycles. The highest BCUT2D eigenvalue weighted by Gasteiger charge is 2.04. The van der Waals surface area contributed by atoms with Crippen molar-refractivity contribution in [2.45, 2.75) is 39.0 Å². The van der Waals surface area contributed by atoms with Gasteiger partial charge in [-0.1, -0.05) is 37.3 Å². The molecule has 0 aromatic carbocycles. The van der Waals surface area contributed by atoms with Crippen LogP contribution in [0.25, 0.3) is 0 Å². The molecule has 0 rings (SSSR count). The fraction of sp³-hybridized carbons (Fsp3) is 0.889. The van der Waals surface area contributed by atoms with Crippen molar-refractivity contribution in [1.29, 1.82) is 0 Å². The summed E-state index contributed by atoms with van der Waals surface area (Å²) in [6.45, 7) is 7.89. The molecule has 1 atom stereocenters. The van der Waals surface area contributed by atoms with Crippen LogP contribution in [0.2, 0.25) is 0 Å². The Bertz CT molecular complexity index is 142. The van der Waals surface area contributed by atoms with Crippen LogP contribution in [0.1, 0.15) is 33.6 Å². The van der Waals surface area contributed by atoms with Crippen molar-refractivity contribution in [1.82, 2.24) is 5.32 Å². The van der Waals surface area contributed by atoms with Crippen LogP contribution in [-0.2, 0) is 4.74 Å². The monoisotopic (exact) mass is 221 g/mol. The minimum absolute atomic E-state index is 0.159. The first-order valence-corrected chi connectivity index (χ1v) is 6.05. The zero-order valence-electron chi connectivity index (χ0n) is 8.63. The Morgan fingerprint density at radius 2 is 2.23 bits per heavy atom. The second-order valence-corrected chi connectivity index (χ2v) is 4.68. The maximum atomic E-state index is 5.35. The van der Waals surface area contributed by atoms with Gasteiger partial charge in [-0.2, -0.15) is 0 Å².